The van der Waals surface area contributed by atoms with Gasteiger partial charge in [-0.25, -0.2) is 0 Å². The lowest BCUT2D eigenvalue weighted by Gasteiger charge is -2.24. The molecule has 0 bridgehead atoms. The Hall–Kier alpha value is -0.320. The smallest absolute Gasteiger partial charge is 0.225 e. The highest BCUT2D eigenvalue weighted by Crippen LogP contribution is 2.13. The molecule has 1 aliphatic heterocycles. The Labute approximate surface area is 97.3 Å². The highest BCUT2D eigenvalue weighted by atomic mass is 35.5. The molecule has 1 saturated heterocycles. The van der Waals surface area contributed by atoms with Crippen LogP contribution in [0.25, 0.3) is 0 Å². The van der Waals surface area contributed by atoms with Crippen molar-refractivity contribution in [2.24, 2.45) is 11.7 Å². The summed E-state index contributed by atoms with van der Waals surface area (Å²) in [6.07, 6.45) is 1.90. The number of hydrogen-bond donors (Lipinski definition) is 2. The maximum atomic E-state index is 11.6. The molecular weight excluding hydrogens is 216 g/mol. The monoisotopic (exact) mass is 236 g/mol. The van der Waals surface area contributed by atoms with Crippen LogP contribution >= 0.6 is 12.4 Å². The quantitative estimate of drug-likeness (QED) is 0.758. The molecule has 1 fully saturated rings. The van der Waals surface area contributed by atoms with Crippen molar-refractivity contribution < 1.29 is 9.53 Å². The first-order chi connectivity index (χ1) is 6.49. The van der Waals surface area contributed by atoms with Gasteiger partial charge < -0.3 is 15.8 Å². The SMILES string of the molecule is CC(C)(N)CNC(=O)C1CCCOC1.Cl. The minimum absolute atomic E-state index is 0. The first-order valence-corrected chi connectivity index (χ1v) is 5.13. The first kappa shape index (κ1) is 14.7. The van der Waals surface area contributed by atoms with Crippen LogP contribution in [0.3, 0.4) is 0 Å². The Morgan fingerprint density at radius 1 is 1.60 bits per heavy atom. The van der Waals surface area contributed by atoms with Crippen LogP contribution in [0, 0.1) is 5.92 Å². The topological polar surface area (TPSA) is 64.3 Å². The van der Waals surface area contributed by atoms with Crippen molar-refractivity contribution in [3.8, 4) is 0 Å². The van der Waals surface area contributed by atoms with Crippen molar-refractivity contribution >= 4 is 18.3 Å². The summed E-state index contributed by atoms with van der Waals surface area (Å²) < 4.78 is 5.24. The fraction of sp³-hybridized carbons (Fsp3) is 0.900. The van der Waals surface area contributed by atoms with E-state index >= 15 is 0 Å². The van der Waals surface area contributed by atoms with Crippen LogP contribution in [0.2, 0.25) is 0 Å². The molecule has 0 radical (unpaired) electrons. The van der Waals surface area contributed by atoms with E-state index in [1.807, 2.05) is 13.8 Å². The van der Waals surface area contributed by atoms with Crippen LogP contribution in [0.4, 0.5) is 0 Å². The summed E-state index contributed by atoms with van der Waals surface area (Å²) in [5, 5.41) is 2.85. The van der Waals surface area contributed by atoms with E-state index in [1.165, 1.54) is 0 Å². The van der Waals surface area contributed by atoms with Crippen LogP contribution < -0.4 is 11.1 Å². The van der Waals surface area contributed by atoms with Gasteiger partial charge in [-0.3, -0.25) is 4.79 Å². The van der Waals surface area contributed by atoms with E-state index < -0.39 is 0 Å². The van der Waals surface area contributed by atoms with Crippen molar-refractivity contribution in [3.05, 3.63) is 0 Å². The van der Waals surface area contributed by atoms with Crippen LogP contribution in [0.1, 0.15) is 26.7 Å². The molecule has 0 aromatic carbocycles. The Morgan fingerprint density at radius 3 is 2.73 bits per heavy atom. The van der Waals surface area contributed by atoms with Gasteiger partial charge in [-0.1, -0.05) is 0 Å². The van der Waals surface area contributed by atoms with Gasteiger partial charge in [-0.05, 0) is 26.7 Å². The summed E-state index contributed by atoms with van der Waals surface area (Å²) in [5.41, 5.74) is 5.43. The maximum Gasteiger partial charge on any atom is 0.225 e. The Morgan fingerprint density at radius 2 is 2.27 bits per heavy atom. The third kappa shape index (κ3) is 5.97. The Balaban J connectivity index is 0.00000196. The Kier molecular flexibility index (Phi) is 6.17. The first-order valence-electron chi connectivity index (χ1n) is 5.13. The van der Waals surface area contributed by atoms with Crippen molar-refractivity contribution in [1.82, 2.24) is 5.32 Å². The second-order valence-electron chi connectivity index (χ2n) is 4.62. The average molecular weight is 237 g/mol. The summed E-state index contributed by atoms with van der Waals surface area (Å²) in [4.78, 5) is 11.6. The Bertz CT molecular complexity index is 198. The van der Waals surface area contributed by atoms with E-state index in [9.17, 15) is 4.79 Å². The lowest BCUT2D eigenvalue weighted by atomic mass is 10.0. The maximum absolute atomic E-state index is 11.6. The summed E-state index contributed by atoms with van der Waals surface area (Å²) >= 11 is 0. The zero-order valence-corrected chi connectivity index (χ0v) is 10.2. The highest BCUT2D eigenvalue weighted by Gasteiger charge is 2.22. The number of rotatable bonds is 3. The average Bonchev–Trinajstić information content (AvgIpc) is 2.14. The molecule has 3 N–H and O–H groups in total. The third-order valence-electron chi connectivity index (χ3n) is 2.25. The number of nitrogens with one attached hydrogen (secondary N) is 1. The number of carbonyl (C=O) groups excluding carboxylic acids is 1. The molecule has 1 aliphatic rings. The predicted molar refractivity (Wildman–Crippen MR) is 62.1 cm³/mol. The fourth-order valence-electron chi connectivity index (χ4n) is 1.41. The molecular formula is C10H21ClN2O2. The van der Waals surface area contributed by atoms with Gasteiger partial charge in [0.05, 0.1) is 12.5 Å². The van der Waals surface area contributed by atoms with Crippen molar-refractivity contribution in [1.29, 1.82) is 0 Å². The second-order valence-corrected chi connectivity index (χ2v) is 4.62. The van der Waals surface area contributed by atoms with Gasteiger partial charge in [0.2, 0.25) is 5.91 Å². The summed E-state index contributed by atoms with van der Waals surface area (Å²) in [6, 6.07) is 0. The molecule has 0 aliphatic carbocycles. The molecule has 0 spiro atoms. The van der Waals surface area contributed by atoms with E-state index in [0.717, 1.165) is 19.4 Å². The lowest BCUT2D eigenvalue weighted by Crippen LogP contribution is -2.47. The number of carbonyl (C=O) groups is 1. The van der Waals surface area contributed by atoms with Gasteiger partial charge in [0.15, 0.2) is 0 Å². The lowest BCUT2D eigenvalue weighted by molar-refractivity contribution is -0.129. The zero-order chi connectivity index (χ0) is 10.6. The number of ether oxygens (including phenoxy) is 1. The molecule has 1 rings (SSSR count). The van der Waals surface area contributed by atoms with E-state index in [0.29, 0.717) is 13.2 Å². The predicted octanol–water partition coefficient (Wildman–Crippen LogP) is 0.688. The zero-order valence-electron chi connectivity index (χ0n) is 9.41. The molecule has 0 saturated carbocycles. The summed E-state index contributed by atoms with van der Waals surface area (Å²) in [7, 11) is 0. The minimum atomic E-state index is -0.342. The van der Waals surface area contributed by atoms with E-state index in [4.69, 9.17) is 10.5 Å². The molecule has 90 valence electrons. The molecule has 0 aromatic rings. The van der Waals surface area contributed by atoms with Crippen molar-refractivity contribution in [3.63, 3.8) is 0 Å². The van der Waals surface area contributed by atoms with Crippen LogP contribution in [0.15, 0.2) is 0 Å². The molecule has 4 nitrogen and oxygen atoms in total. The van der Waals surface area contributed by atoms with Gasteiger partial charge >= 0.3 is 0 Å². The molecule has 1 atom stereocenters. The van der Waals surface area contributed by atoms with Gasteiger partial charge in [-0.15, -0.1) is 12.4 Å². The van der Waals surface area contributed by atoms with Gasteiger partial charge in [0, 0.05) is 18.7 Å². The van der Waals surface area contributed by atoms with E-state index in [2.05, 4.69) is 5.32 Å². The standard InChI is InChI=1S/C10H20N2O2.ClH/c1-10(2,11)7-12-9(13)8-4-3-5-14-6-8;/h8H,3-7,11H2,1-2H3,(H,12,13);1H. The van der Waals surface area contributed by atoms with Gasteiger partial charge in [0.1, 0.15) is 0 Å². The van der Waals surface area contributed by atoms with E-state index in [1.54, 1.807) is 0 Å². The van der Waals surface area contributed by atoms with Crippen LogP contribution in [-0.4, -0.2) is 31.2 Å². The number of hydrogen-bond acceptors (Lipinski definition) is 3. The number of halogens is 1. The molecule has 15 heavy (non-hydrogen) atoms. The number of nitrogens with two attached hydrogens (primary N) is 1. The molecule has 0 aromatic heterocycles. The molecule has 5 heteroatoms. The largest absolute Gasteiger partial charge is 0.381 e. The highest BCUT2D eigenvalue weighted by molar-refractivity contribution is 5.85. The second kappa shape index (κ2) is 6.30. The summed E-state index contributed by atoms with van der Waals surface area (Å²) in [5.74, 6) is 0.0920. The molecule has 1 heterocycles. The van der Waals surface area contributed by atoms with E-state index in [-0.39, 0.29) is 29.8 Å². The van der Waals surface area contributed by atoms with Gasteiger partial charge in [0.25, 0.3) is 0 Å². The normalized spacial score (nSPS) is 21.7. The van der Waals surface area contributed by atoms with Gasteiger partial charge in [-0.2, -0.15) is 0 Å². The van der Waals surface area contributed by atoms with Crippen LogP contribution in [-0.2, 0) is 9.53 Å². The summed E-state index contributed by atoms with van der Waals surface area (Å²) in [6.45, 7) is 5.64. The fourth-order valence-corrected chi connectivity index (χ4v) is 1.41. The number of amides is 1. The van der Waals surface area contributed by atoms with Crippen molar-refractivity contribution in [2.75, 3.05) is 19.8 Å². The van der Waals surface area contributed by atoms with Crippen molar-refractivity contribution in [2.45, 2.75) is 32.2 Å². The third-order valence-corrected chi connectivity index (χ3v) is 2.25. The molecule has 1 amide bonds. The minimum Gasteiger partial charge on any atom is -0.381 e. The van der Waals surface area contributed by atoms with Crippen LogP contribution in [0.5, 0.6) is 0 Å². The molecule has 1 unspecified atom stereocenters.